The van der Waals surface area contributed by atoms with E-state index in [4.69, 9.17) is 4.74 Å². The maximum atomic E-state index is 12.1. The normalized spacial score (nSPS) is 19.1. The molecule has 3 rings (SSSR count). The van der Waals surface area contributed by atoms with Crippen molar-refractivity contribution in [2.75, 3.05) is 31.6 Å². The predicted molar refractivity (Wildman–Crippen MR) is 77.1 cm³/mol. The van der Waals surface area contributed by atoms with E-state index in [0.29, 0.717) is 0 Å². The third-order valence-electron chi connectivity index (χ3n) is 3.94. The van der Waals surface area contributed by atoms with Crippen LogP contribution in [0.15, 0.2) is 0 Å². The molecule has 104 valence electrons. The smallest absolute Gasteiger partial charge is 0.341 e. The van der Waals surface area contributed by atoms with E-state index in [0.717, 1.165) is 43.2 Å². The lowest BCUT2D eigenvalue weighted by molar-refractivity contribution is 0.0600. The molecule has 1 saturated heterocycles. The maximum Gasteiger partial charge on any atom is 0.341 e. The topological polar surface area (TPSA) is 41.6 Å². The number of anilines is 1. The van der Waals surface area contributed by atoms with Crippen LogP contribution >= 0.6 is 11.3 Å². The Morgan fingerprint density at radius 2 is 2.11 bits per heavy atom. The van der Waals surface area contributed by atoms with Crippen LogP contribution in [0.4, 0.5) is 5.00 Å². The number of hydrogen-bond acceptors (Lipinski definition) is 5. The molecule has 0 aliphatic carbocycles. The average molecular weight is 280 g/mol. The minimum Gasteiger partial charge on any atom is -0.465 e. The molecule has 2 aliphatic heterocycles. The van der Waals surface area contributed by atoms with Crippen LogP contribution in [0, 0.1) is 0 Å². The van der Waals surface area contributed by atoms with Crippen molar-refractivity contribution in [2.24, 2.45) is 0 Å². The van der Waals surface area contributed by atoms with Gasteiger partial charge in [0.05, 0.1) is 12.7 Å². The van der Waals surface area contributed by atoms with Crippen LogP contribution in [0.3, 0.4) is 0 Å². The highest BCUT2D eigenvalue weighted by Gasteiger charge is 2.29. The standard InChI is InChI=1S/C14H20N2O2S/c1-18-14(17)12-10-5-6-15-9-11(10)19-13(12)16-7-3-2-4-8-16/h15H,2-9H2,1H3. The van der Waals surface area contributed by atoms with Crippen molar-refractivity contribution >= 4 is 22.3 Å². The van der Waals surface area contributed by atoms with Crippen molar-refractivity contribution in [1.82, 2.24) is 5.32 Å². The van der Waals surface area contributed by atoms with E-state index >= 15 is 0 Å². The first kappa shape index (κ1) is 12.9. The molecule has 0 saturated carbocycles. The molecule has 19 heavy (non-hydrogen) atoms. The van der Waals surface area contributed by atoms with Crippen LogP contribution in [-0.4, -0.2) is 32.7 Å². The number of methoxy groups -OCH3 is 1. The molecule has 1 aromatic heterocycles. The number of piperidine rings is 1. The number of thiophene rings is 1. The summed E-state index contributed by atoms with van der Waals surface area (Å²) in [6.45, 7) is 3.97. The molecule has 1 aromatic rings. The Morgan fingerprint density at radius 3 is 2.84 bits per heavy atom. The van der Waals surface area contributed by atoms with Crippen molar-refractivity contribution in [3.63, 3.8) is 0 Å². The summed E-state index contributed by atoms with van der Waals surface area (Å²) in [7, 11) is 1.48. The van der Waals surface area contributed by atoms with E-state index in [1.807, 2.05) is 0 Å². The summed E-state index contributed by atoms with van der Waals surface area (Å²) in [5, 5.41) is 4.52. The third-order valence-corrected chi connectivity index (χ3v) is 5.24. The molecule has 4 nitrogen and oxygen atoms in total. The molecule has 5 heteroatoms. The van der Waals surface area contributed by atoms with E-state index in [2.05, 4.69) is 10.2 Å². The largest absolute Gasteiger partial charge is 0.465 e. The molecule has 2 aliphatic rings. The number of carbonyl (C=O) groups excluding carboxylic acids is 1. The highest BCUT2D eigenvalue weighted by molar-refractivity contribution is 7.16. The molecule has 1 N–H and O–H groups in total. The van der Waals surface area contributed by atoms with Gasteiger partial charge >= 0.3 is 5.97 Å². The fourth-order valence-electron chi connectivity index (χ4n) is 2.95. The molecule has 0 unspecified atom stereocenters. The summed E-state index contributed by atoms with van der Waals surface area (Å²) < 4.78 is 5.01. The van der Waals surface area contributed by atoms with Crippen molar-refractivity contribution < 1.29 is 9.53 Å². The minimum absolute atomic E-state index is 0.167. The van der Waals surface area contributed by atoms with Crippen LogP contribution in [0.25, 0.3) is 0 Å². The van der Waals surface area contributed by atoms with Crippen LogP contribution < -0.4 is 10.2 Å². The Balaban J connectivity index is 2.01. The zero-order chi connectivity index (χ0) is 13.2. The van der Waals surface area contributed by atoms with Gasteiger partial charge < -0.3 is 15.0 Å². The number of nitrogens with zero attached hydrogens (tertiary/aromatic N) is 1. The van der Waals surface area contributed by atoms with Gasteiger partial charge in [-0.25, -0.2) is 4.79 Å². The van der Waals surface area contributed by atoms with Crippen molar-refractivity contribution in [3.05, 3.63) is 16.0 Å². The number of nitrogens with one attached hydrogen (secondary N) is 1. The molecule has 0 radical (unpaired) electrons. The zero-order valence-electron chi connectivity index (χ0n) is 11.3. The van der Waals surface area contributed by atoms with Gasteiger partial charge in [-0.05, 0) is 37.8 Å². The highest BCUT2D eigenvalue weighted by Crippen LogP contribution is 2.39. The number of esters is 1. The Bertz CT molecular complexity index is 478. The van der Waals surface area contributed by atoms with Gasteiger partial charge in [-0.3, -0.25) is 0 Å². The van der Waals surface area contributed by atoms with Crippen LogP contribution in [0.2, 0.25) is 0 Å². The first-order chi connectivity index (χ1) is 9.31. The van der Waals surface area contributed by atoms with Crippen molar-refractivity contribution in [1.29, 1.82) is 0 Å². The lowest BCUT2D eigenvalue weighted by Gasteiger charge is -2.28. The van der Waals surface area contributed by atoms with E-state index in [1.54, 1.807) is 11.3 Å². The van der Waals surface area contributed by atoms with Gasteiger partial charge in [0.1, 0.15) is 5.00 Å². The van der Waals surface area contributed by atoms with Crippen LogP contribution in [0.5, 0.6) is 0 Å². The second-order valence-electron chi connectivity index (χ2n) is 5.15. The summed E-state index contributed by atoms with van der Waals surface area (Å²) >= 11 is 1.77. The lowest BCUT2D eigenvalue weighted by atomic mass is 10.0. The van der Waals surface area contributed by atoms with E-state index in [9.17, 15) is 4.79 Å². The lowest BCUT2D eigenvalue weighted by Crippen LogP contribution is -2.30. The number of carbonyl (C=O) groups is 1. The molecular formula is C14H20N2O2S. The molecule has 0 spiro atoms. The summed E-state index contributed by atoms with van der Waals surface area (Å²) in [6, 6.07) is 0. The zero-order valence-corrected chi connectivity index (χ0v) is 12.1. The minimum atomic E-state index is -0.167. The molecule has 0 atom stereocenters. The quantitative estimate of drug-likeness (QED) is 0.843. The molecule has 0 aromatic carbocycles. The fraction of sp³-hybridized carbons (Fsp3) is 0.643. The summed E-state index contributed by atoms with van der Waals surface area (Å²) in [4.78, 5) is 15.8. The van der Waals surface area contributed by atoms with Gasteiger partial charge in [0.15, 0.2) is 0 Å². The molecule has 3 heterocycles. The Kier molecular flexibility index (Phi) is 3.75. The Morgan fingerprint density at radius 1 is 1.32 bits per heavy atom. The van der Waals surface area contributed by atoms with E-state index in [-0.39, 0.29) is 5.97 Å². The van der Waals surface area contributed by atoms with E-state index < -0.39 is 0 Å². The van der Waals surface area contributed by atoms with Crippen molar-refractivity contribution in [2.45, 2.75) is 32.2 Å². The van der Waals surface area contributed by atoms with Gasteiger partial charge in [0.25, 0.3) is 0 Å². The molecule has 0 bridgehead atoms. The number of ether oxygens (including phenoxy) is 1. The van der Waals surface area contributed by atoms with Gasteiger partial charge in [0.2, 0.25) is 0 Å². The van der Waals surface area contributed by atoms with Gasteiger partial charge in [0, 0.05) is 24.5 Å². The maximum absolute atomic E-state index is 12.1. The second-order valence-corrected chi connectivity index (χ2v) is 6.23. The first-order valence-electron chi connectivity index (χ1n) is 7.00. The Labute approximate surface area is 117 Å². The van der Waals surface area contributed by atoms with Gasteiger partial charge in [-0.2, -0.15) is 0 Å². The fourth-order valence-corrected chi connectivity index (χ4v) is 4.31. The number of hydrogen-bond donors (Lipinski definition) is 1. The highest BCUT2D eigenvalue weighted by atomic mass is 32.1. The monoisotopic (exact) mass is 280 g/mol. The van der Waals surface area contributed by atoms with Gasteiger partial charge in [-0.1, -0.05) is 0 Å². The molecular weight excluding hydrogens is 260 g/mol. The number of rotatable bonds is 2. The summed E-state index contributed by atoms with van der Waals surface area (Å²) in [6.07, 6.45) is 4.68. The SMILES string of the molecule is COC(=O)c1c(N2CCCCC2)sc2c1CCNC2. The van der Waals surface area contributed by atoms with Crippen molar-refractivity contribution in [3.8, 4) is 0 Å². The predicted octanol–water partition coefficient (Wildman–Crippen LogP) is 2.17. The molecule has 0 amide bonds. The first-order valence-corrected chi connectivity index (χ1v) is 7.81. The molecule has 1 fully saturated rings. The third kappa shape index (κ3) is 2.37. The van der Waals surface area contributed by atoms with Gasteiger partial charge in [-0.15, -0.1) is 11.3 Å². The summed E-state index contributed by atoms with van der Waals surface area (Å²) in [5.74, 6) is -0.167. The average Bonchev–Trinajstić information content (AvgIpc) is 2.87. The second kappa shape index (κ2) is 5.51. The van der Waals surface area contributed by atoms with Crippen LogP contribution in [0.1, 0.15) is 40.1 Å². The van der Waals surface area contributed by atoms with E-state index in [1.165, 1.54) is 36.8 Å². The Hall–Kier alpha value is -1.07. The van der Waals surface area contributed by atoms with Crippen LogP contribution in [-0.2, 0) is 17.7 Å². The number of fused-ring (bicyclic) bond motifs is 1. The summed E-state index contributed by atoms with van der Waals surface area (Å²) in [5.41, 5.74) is 2.06.